The number of guanidine groups is 1. The first-order valence-electron chi connectivity index (χ1n) is 10.2. The first-order chi connectivity index (χ1) is 13.7. The van der Waals surface area contributed by atoms with Gasteiger partial charge in [0.15, 0.2) is 5.96 Å². The molecular formula is C21H33IN4O3. The monoisotopic (exact) mass is 516 g/mol. The van der Waals surface area contributed by atoms with Crippen LogP contribution in [0.4, 0.5) is 0 Å². The third kappa shape index (κ3) is 6.47. The van der Waals surface area contributed by atoms with E-state index in [0.29, 0.717) is 19.1 Å². The minimum atomic E-state index is -0.117. The third-order valence-electron chi connectivity index (χ3n) is 5.38. The summed E-state index contributed by atoms with van der Waals surface area (Å²) < 4.78 is 11.4. The molecular weight excluding hydrogens is 483 g/mol. The van der Waals surface area contributed by atoms with E-state index in [-0.39, 0.29) is 48.1 Å². The molecule has 1 atom stereocenters. The molecule has 8 heteroatoms. The Morgan fingerprint density at radius 2 is 2.03 bits per heavy atom. The number of hydrogen-bond acceptors (Lipinski definition) is 4. The summed E-state index contributed by atoms with van der Waals surface area (Å²) in [5, 5.41) is 9.59. The number of rotatable bonds is 7. The lowest BCUT2D eigenvalue weighted by Gasteiger charge is -2.40. The molecule has 1 heterocycles. The summed E-state index contributed by atoms with van der Waals surface area (Å²) in [5.41, 5.74) is 1.07. The van der Waals surface area contributed by atoms with Gasteiger partial charge in [0.05, 0.1) is 12.6 Å². The van der Waals surface area contributed by atoms with Crippen molar-refractivity contribution >= 4 is 35.8 Å². The first-order valence-corrected chi connectivity index (χ1v) is 10.2. The number of halogens is 1. The van der Waals surface area contributed by atoms with Crippen LogP contribution in [0.2, 0.25) is 0 Å². The van der Waals surface area contributed by atoms with Crippen molar-refractivity contribution in [1.29, 1.82) is 0 Å². The fraction of sp³-hybridized carbons (Fsp3) is 0.619. The molecule has 3 rings (SSSR count). The van der Waals surface area contributed by atoms with Crippen LogP contribution in [-0.4, -0.2) is 50.8 Å². The Morgan fingerprint density at radius 1 is 1.28 bits per heavy atom. The highest BCUT2D eigenvalue weighted by Gasteiger charge is 2.43. The van der Waals surface area contributed by atoms with Crippen LogP contribution in [0.25, 0.3) is 0 Å². The molecule has 1 fully saturated rings. The first kappa shape index (κ1) is 23.7. The molecule has 1 aromatic carbocycles. The number of methoxy groups -OCH3 is 1. The summed E-state index contributed by atoms with van der Waals surface area (Å²) in [6, 6.07) is 8.33. The van der Waals surface area contributed by atoms with Gasteiger partial charge in [0, 0.05) is 32.2 Å². The molecule has 1 saturated carbocycles. The Morgan fingerprint density at radius 3 is 2.76 bits per heavy atom. The standard InChI is InChI=1S/C21H32N4O3.HI/c1-3-22-20(24-15-19(26)23-12-13-27-2)25-17-14-21(10-6-7-11-21)28-18-9-5-4-8-16(17)18;/h4-5,8-9,17H,3,6-7,10-15H2,1-2H3,(H,23,26)(H2,22,24,25);1H. The number of carbonyl (C=O) groups is 1. The summed E-state index contributed by atoms with van der Waals surface area (Å²) in [4.78, 5) is 16.4. The number of hydrogen-bond donors (Lipinski definition) is 3. The highest BCUT2D eigenvalue weighted by Crippen LogP contribution is 2.46. The van der Waals surface area contributed by atoms with Gasteiger partial charge in [-0.1, -0.05) is 18.2 Å². The van der Waals surface area contributed by atoms with E-state index < -0.39 is 0 Å². The number of amides is 1. The summed E-state index contributed by atoms with van der Waals surface area (Å²) in [5.74, 6) is 1.49. The largest absolute Gasteiger partial charge is 0.487 e. The molecule has 162 valence electrons. The van der Waals surface area contributed by atoms with E-state index in [9.17, 15) is 4.79 Å². The summed E-state index contributed by atoms with van der Waals surface area (Å²) in [7, 11) is 1.61. The van der Waals surface area contributed by atoms with Crippen LogP contribution in [0.1, 0.15) is 50.6 Å². The molecule has 1 spiro atoms. The lowest BCUT2D eigenvalue weighted by molar-refractivity contribution is -0.119. The normalized spacial score (nSPS) is 19.7. The zero-order chi connectivity index (χ0) is 19.8. The lowest BCUT2D eigenvalue weighted by Crippen LogP contribution is -2.47. The second kappa shape index (κ2) is 11.6. The van der Waals surface area contributed by atoms with Crippen molar-refractivity contribution in [2.75, 3.05) is 33.4 Å². The second-order valence-electron chi connectivity index (χ2n) is 7.47. The maximum atomic E-state index is 12.0. The predicted octanol–water partition coefficient (Wildman–Crippen LogP) is 2.76. The smallest absolute Gasteiger partial charge is 0.241 e. The number of carbonyl (C=O) groups excluding carboxylic acids is 1. The van der Waals surface area contributed by atoms with Gasteiger partial charge in [-0.2, -0.15) is 0 Å². The number of benzene rings is 1. The average Bonchev–Trinajstić information content (AvgIpc) is 3.14. The van der Waals surface area contributed by atoms with E-state index >= 15 is 0 Å². The van der Waals surface area contributed by atoms with Crippen LogP contribution in [0.5, 0.6) is 5.75 Å². The van der Waals surface area contributed by atoms with Crippen molar-refractivity contribution in [1.82, 2.24) is 16.0 Å². The summed E-state index contributed by atoms with van der Waals surface area (Å²) in [6.07, 6.45) is 5.52. The van der Waals surface area contributed by atoms with Gasteiger partial charge in [0.1, 0.15) is 17.9 Å². The molecule has 0 aromatic heterocycles. The van der Waals surface area contributed by atoms with Gasteiger partial charge in [-0.05, 0) is 38.7 Å². The van der Waals surface area contributed by atoms with Gasteiger partial charge >= 0.3 is 0 Å². The Bertz CT molecular complexity index is 692. The van der Waals surface area contributed by atoms with Crippen molar-refractivity contribution in [3.8, 4) is 5.75 Å². The molecule has 0 bridgehead atoms. The maximum absolute atomic E-state index is 12.0. The van der Waals surface area contributed by atoms with Gasteiger partial charge in [-0.3, -0.25) is 4.79 Å². The number of fused-ring (bicyclic) bond motifs is 1. The van der Waals surface area contributed by atoms with E-state index in [1.165, 1.54) is 12.8 Å². The zero-order valence-electron chi connectivity index (χ0n) is 17.3. The van der Waals surface area contributed by atoms with Crippen LogP contribution in [0, 0.1) is 0 Å². The molecule has 29 heavy (non-hydrogen) atoms. The molecule has 1 aromatic rings. The van der Waals surface area contributed by atoms with Crippen LogP contribution < -0.4 is 20.7 Å². The van der Waals surface area contributed by atoms with Crippen molar-refractivity contribution < 1.29 is 14.3 Å². The fourth-order valence-corrected chi connectivity index (χ4v) is 4.06. The number of nitrogens with one attached hydrogen (secondary N) is 3. The van der Waals surface area contributed by atoms with Gasteiger partial charge in [0.2, 0.25) is 5.91 Å². The maximum Gasteiger partial charge on any atom is 0.241 e. The van der Waals surface area contributed by atoms with E-state index in [2.05, 4.69) is 33.1 Å². The molecule has 1 amide bonds. The summed E-state index contributed by atoms with van der Waals surface area (Å²) in [6.45, 7) is 3.81. The molecule has 3 N–H and O–H groups in total. The Balaban J connectivity index is 0.00000300. The minimum Gasteiger partial charge on any atom is -0.487 e. The number of nitrogens with zero attached hydrogens (tertiary/aromatic N) is 1. The topological polar surface area (TPSA) is 84.0 Å². The van der Waals surface area contributed by atoms with E-state index in [1.807, 2.05) is 19.1 Å². The number of para-hydroxylation sites is 1. The van der Waals surface area contributed by atoms with Gasteiger partial charge < -0.3 is 25.4 Å². The van der Waals surface area contributed by atoms with E-state index in [1.54, 1.807) is 7.11 Å². The predicted molar refractivity (Wildman–Crippen MR) is 125 cm³/mol. The number of ether oxygens (including phenoxy) is 2. The lowest BCUT2D eigenvalue weighted by atomic mass is 9.86. The Kier molecular flexibility index (Phi) is 9.48. The molecule has 2 aliphatic rings. The Labute approximate surface area is 190 Å². The zero-order valence-corrected chi connectivity index (χ0v) is 19.7. The van der Waals surface area contributed by atoms with Gasteiger partial charge in [0.25, 0.3) is 0 Å². The third-order valence-corrected chi connectivity index (χ3v) is 5.38. The molecule has 0 radical (unpaired) electrons. The van der Waals surface area contributed by atoms with Crippen LogP contribution in [0.3, 0.4) is 0 Å². The highest BCUT2D eigenvalue weighted by atomic mass is 127. The summed E-state index contributed by atoms with van der Waals surface area (Å²) >= 11 is 0. The van der Waals surface area contributed by atoms with Crippen LogP contribution >= 0.6 is 24.0 Å². The van der Waals surface area contributed by atoms with Crippen LogP contribution in [-0.2, 0) is 9.53 Å². The highest BCUT2D eigenvalue weighted by molar-refractivity contribution is 14.0. The second-order valence-corrected chi connectivity index (χ2v) is 7.47. The molecule has 1 aliphatic carbocycles. The van der Waals surface area contributed by atoms with E-state index in [0.717, 1.165) is 37.1 Å². The molecule has 0 saturated heterocycles. The molecule has 7 nitrogen and oxygen atoms in total. The van der Waals surface area contributed by atoms with Crippen LogP contribution in [0.15, 0.2) is 29.3 Å². The van der Waals surface area contributed by atoms with Crippen molar-refractivity contribution in [2.45, 2.75) is 50.7 Å². The average molecular weight is 516 g/mol. The van der Waals surface area contributed by atoms with Gasteiger partial charge in [-0.25, -0.2) is 4.99 Å². The quantitative estimate of drug-likeness (QED) is 0.225. The SMILES string of the molecule is CCNC(=NCC(=O)NCCOC)NC1CC2(CCCC2)Oc2ccccc21.I. The fourth-order valence-electron chi connectivity index (χ4n) is 4.06. The van der Waals surface area contributed by atoms with Crippen molar-refractivity contribution in [3.63, 3.8) is 0 Å². The van der Waals surface area contributed by atoms with Gasteiger partial charge in [-0.15, -0.1) is 24.0 Å². The van der Waals surface area contributed by atoms with Crippen molar-refractivity contribution in [2.24, 2.45) is 4.99 Å². The molecule has 1 unspecified atom stereocenters. The Hall–Kier alpha value is -1.55. The molecule has 1 aliphatic heterocycles. The minimum absolute atomic E-state index is 0. The number of aliphatic imine (C=N–C) groups is 1. The van der Waals surface area contributed by atoms with E-state index in [4.69, 9.17) is 9.47 Å². The van der Waals surface area contributed by atoms with Crippen molar-refractivity contribution in [3.05, 3.63) is 29.8 Å².